The maximum Gasteiger partial charge on any atom is 0.305 e. The number of ether oxygens (including phenoxy) is 2. The first-order valence-corrected chi connectivity index (χ1v) is 10.9. The van der Waals surface area contributed by atoms with E-state index in [9.17, 15) is 4.79 Å². The predicted octanol–water partition coefficient (Wildman–Crippen LogP) is 6.12. The molecule has 0 saturated carbocycles. The Bertz CT molecular complexity index is 335. The molecule has 0 bridgehead atoms. The van der Waals surface area contributed by atoms with Crippen molar-refractivity contribution >= 4 is 17.6 Å². The summed E-state index contributed by atoms with van der Waals surface area (Å²) in [4.78, 5) is 11.1. The van der Waals surface area contributed by atoms with E-state index in [0.717, 1.165) is 32.5 Å². The Morgan fingerprint density at radius 3 is 2.00 bits per heavy atom. The van der Waals surface area contributed by atoms with Gasteiger partial charge in [0.1, 0.15) is 0 Å². The van der Waals surface area contributed by atoms with Gasteiger partial charge in [0.15, 0.2) is 0 Å². The Kier molecular flexibility index (Phi) is 13.5. The maximum absolute atomic E-state index is 11.1. The van der Waals surface area contributed by atoms with Crippen molar-refractivity contribution in [3.63, 3.8) is 0 Å². The molecule has 1 heterocycles. The molecule has 0 amide bonds. The van der Waals surface area contributed by atoms with Crippen molar-refractivity contribution in [3.05, 3.63) is 0 Å². The maximum atomic E-state index is 11.1. The van der Waals surface area contributed by atoms with Crippen LogP contribution in [0.15, 0.2) is 0 Å². The molecule has 3 atom stereocenters. The lowest BCUT2D eigenvalue weighted by atomic mass is 9.85. The third-order valence-corrected chi connectivity index (χ3v) is 6.14. The summed E-state index contributed by atoms with van der Waals surface area (Å²) in [6, 6.07) is 0. The Morgan fingerprint density at radius 2 is 1.44 bits per heavy atom. The number of alkyl halides is 1. The van der Waals surface area contributed by atoms with Gasteiger partial charge < -0.3 is 9.47 Å². The molecular formula is C21H39ClO3. The standard InChI is InChI=1S/C21H39ClO3/c1-3-4-5-6-7-10-13-18-16-25-17-19(21(18)22)14-11-8-9-12-15-20(23)24-2/h18-19,21H,3-17H2,1-2H3/t18-,19-,21+/m1/s1. The molecule has 0 aromatic rings. The summed E-state index contributed by atoms with van der Waals surface area (Å²) in [5.41, 5.74) is 0. The number of carbonyl (C=O) groups excluding carboxylic acids is 1. The topological polar surface area (TPSA) is 35.5 Å². The molecule has 148 valence electrons. The molecule has 1 aliphatic heterocycles. The second-order valence-corrected chi connectivity index (χ2v) is 8.09. The second-order valence-electron chi connectivity index (χ2n) is 7.59. The molecule has 1 rings (SSSR count). The zero-order chi connectivity index (χ0) is 18.3. The van der Waals surface area contributed by atoms with Crippen LogP contribution in [-0.2, 0) is 14.3 Å². The lowest BCUT2D eigenvalue weighted by Crippen LogP contribution is -2.36. The zero-order valence-electron chi connectivity index (χ0n) is 16.4. The average molecular weight is 375 g/mol. The summed E-state index contributed by atoms with van der Waals surface area (Å²) >= 11 is 6.77. The SMILES string of the molecule is CCCCCCCC[C@@H]1COC[C@@H](CCCCCCC(=O)OC)[C@H]1Cl. The van der Waals surface area contributed by atoms with E-state index in [4.69, 9.17) is 16.3 Å². The highest BCUT2D eigenvalue weighted by molar-refractivity contribution is 6.21. The second kappa shape index (κ2) is 14.8. The zero-order valence-corrected chi connectivity index (χ0v) is 17.2. The molecule has 3 nitrogen and oxygen atoms in total. The minimum absolute atomic E-state index is 0.0981. The van der Waals surface area contributed by atoms with Crippen LogP contribution < -0.4 is 0 Å². The van der Waals surface area contributed by atoms with Crippen LogP contribution >= 0.6 is 11.6 Å². The number of carbonyl (C=O) groups is 1. The first-order valence-electron chi connectivity index (χ1n) is 10.5. The minimum atomic E-state index is -0.0981. The van der Waals surface area contributed by atoms with E-state index in [1.54, 1.807) is 0 Å². The summed E-state index contributed by atoms with van der Waals surface area (Å²) in [5.74, 6) is 0.936. The van der Waals surface area contributed by atoms with Crippen LogP contribution in [-0.4, -0.2) is 31.7 Å². The van der Waals surface area contributed by atoms with Crippen molar-refractivity contribution < 1.29 is 14.3 Å². The third kappa shape index (κ3) is 10.5. The molecule has 25 heavy (non-hydrogen) atoms. The smallest absolute Gasteiger partial charge is 0.305 e. The van der Waals surface area contributed by atoms with Gasteiger partial charge in [-0.15, -0.1) is 11.6 Å². The van der Waals surface area contributed by atoms with Crippen molar-refractivity contribution in [3.8, 4) is 0 Å². The summed E-state index contributed by atoms with van der Waals surface area (Å²) in [7, 11) is 1.45. The lowest BCUT2D eigenvalue weighted by molar-refractivity contribution is -0.140. The number of hydrogen-bond acceptors (Lipinski definition) is 3. The lowest BCUT2D eigenvalue weighted by Gasteiger charge is -2.34. The van der Waals surface area contributed by atoms with E-state index >= 15 is 0 Å². The van der Waals surface area contributed by atoms with Crippen LogP contribution in [0.1, 0.15) is 90.4 Å². The first-order chi connectivity index (χ1) is 12.2. The monoisotopic (exact) mass is 374 g/mol. The average Bonchev–Trinajstić information content (AvgIpc) is 2.62. The Hall–Kier alpha value is -0.280. The predicted molar refractivity (Wildman–Crippen MR) is 105 cm³/mol. The van der Waals surface area contributed by atoms with E-state index in [0.29, 0.717) is 18.3 Å². The van der Waals surface area contributed by atoms with Gasteiger partial charge in [0, 0.05) is 11.8 Å². The molecule has 1 saturated heterocycles. The molecular weight excluding hydrogens is 336 g/mol. The van der Waals surface area contributed by atoms with Gasteiger partial charge in [-0.1, -0.05) is 64.7 Å². The number of halogens is 1. The molecule has 0 N–H and O–H groups in total. The van der Waals surface area contributed by atoms with Gasteiger partial charge >= 0.3 is 5.97 Å². The Morgan fingerprint density at radius 1 is 0.920 bits per heavy atom. The van der Waals surface area contributed by atoms with Crippen molar-refractivity contribution in [2.24, 2.45) is 11.8 Å². The van der Waals surface area contributed by atoms with Crippen molar-refractivity contribution in [1.29, 1.82) is 0 Å². The number of hydrogen-bond donors (Lipinski definition) is 0. The number of esters is 1. The van der Waals surface area contributed by atoms with E-state index < -0.39 is 0 Å². The van der Waals surface area contributed by atoms with Gasteiger partial charge in [-0.25, -0.2) is 0 Å². The quantitative estimate of drug-likeness (QED) is 0.209. The fourth-order valence-corrected chi connectivity index (χ4v) is 4.14. The molecule has 0 radical (unpaired) electrons. The largest absolute Gasteiger partial charge is 0.469 e. The summed E-state index contributed by atoms with van der Waals surface area (Å²) in [5, 5.41) is 0.277. The number of methoxy groups -OCH3 is 1. The Balaban J connectivity index is 2.09. The summed E-state index contributed by atoms with van der Waals surface area (Å²) < 4.78 is 10.5. The van der Waals surface area contributed by atoms with Gasteiger partial charge in [-0.3, -0.25) is 4.79 Å². The normalized spacial score (nSPS) is 23.6. The molecule has 1 aliphatic rings. The van der Waals surface area contributed by atoms with Crippen LogP contribution in [0.5, 0.6) is 0 Å². The highest BCUT2D eigenvalue weighted by Crippen LogP contribution is 2.32. The van der Waals surface area contributed by atoms with Gasteiger partial charge in [-0.05, 0) is 31.1 Å². The molecule has 0 spiro atoms. The Labute approximate surface area is 160 Å². The van der Waals surface area contributed by atoms with Gasteiger partial charge in [0.2, 0.25) is 0 Å². The summed E-state index contributed by atoms with van der Waals surface area (Å²) in [6.07, 6.45) is 15.3. The van der Waals surface area contributed by atoms with Crippen LogP contribution in [0.25, 0.3) is 0 Å². The molecule has 0 aliphatic carbocycles. The number of rotatable bonds is 14. The third-order valence-electron chi connectivity index (χ3n) is 5.43. The molecule has 0 unspecified atom stereocenters. The van der Waals surface area contributed by atoms with Crippen LogP contribution in [0.4, 0.5) is 0 Å². The van der Waals surface area contributed by atoms with Crippen LogP contribution in [0, 0.1) is 11.8 Å². The van der Waals surface area contributed by atoms with Crippen molar-refractivity contribution in [2.45, 2.75) is 95.8 Å². The van der Waals surface area contributed by atoms with Crippen LogP contribution in [0.2, 0.25) is 0 Å². The van der Waals surface area contributed by atoms with Gasteiger partial charge in [-0.2, -0.15) is 0 Å². The highest BCUT2D eigenvalue weighted by Gasteiger charge is 2.31. The minimum Gasteiger partial charge on any atom is -0.469 e. The van der Waals surface area contributed by atoms with Gasteiger partial charge in [0.25, 0.3) is 0 Å². The highest BCUT2D eigenvalue weighted by atomic mass is 35.5. The molecule has 0 aromatic heterocycles. The molecule has 1 fully saturated rings. The fourth-order valence-electron chi connectivity index (χ4n) is 3.74. The number of unbranched alkanes of at least 4 members (excludes halogenated alkanes) is 8. The van der Waals surface area contributed by atoms with Gasteiger partial charge in [0.05, 0.1) is 20.3 Å². The first kappa shape index (κ1) is 22.8. The van der Waals surface area contributed by atoms with E-state index in [1.165, 1.54) is 64.9 Å². The van der Waals surface area contributed by atoms with E-state index in [2.05, 4.69) is 11.7 Å². The van der Waals surface area contributed by atoms with E-state index in [1.807, 2.05) is 0 Å². The van der Waals surface area contributed by atoms with Crippen LogP contribution in [0.3, 0.4) is 0 Å². The van der Waals surface area contributed by atoms with Crippen molar-refractivity contribution in [1.82, 2.24) is 0 Å². The van der Waals surface area contributed by atoms with Crippen molar-refractivity contribution in [2.75, 3.05) is 20.3 Å². The molecule has 0 aromatic carbocycles. The van der Waals surface area contributed by atoms with E-state index in [-0.39, 0.29) is 11.3 Å². The summed E-state index contributed by atoms with van der Waals surface area (Å²) in [6.45, 7) is 3.93. The fraction of sp³-hybridized carbons (Fsp3) is 0.952. The molecule has 4 heteroatoms.